The molecule has 0 radical (unpaired) electrons. The van der Waals surface area contributed by atoms with Gasteiger partial charge in [0.25, 0.3) is 5.56 Å². The van der Waals surface area contributed by atoms with Crippen LogP contribution in [0, 0.1) is 0 Å². The van der Waals surface area contributed by atoms with Crippen molar-refractivity contribution in [2.24, 2.45) is 5.11 Å². The van der Waals surface area contributed by atoms with Gasteiger partial charge in [0.15, 0.2) is 0 Å². The van der Waals surface area contributed by atoms with E-state index in [0.717, 1.165) is 32.7 Å². The Balaban J connectivity index is 1.41. The summed E-state index contributed by atoms with van der Waals surface area (Å²) < 4.78 is 7.02. The molecule has 0 aliphatic carbocycles. The van der Waals surface area contributed by atoms with Gasteiger partial charge in [0.2, 0.25) is 0 Å². The van der Waals surface area contributed by atoms with Crippen molar-refractivity contribution < 1.29 is 9.84 Å². The first-order valence-electron chi connectivity index (χ1n) is 10.7. The quantitative estimate of drug-likeness (QED) is 0.370. The Morgan fingerprint density at radius 2 is 1.81 bits per heavy atom. The van der Waals surface area contributed by atoms with Crippen LogP contribution in [0.25, 0.3) is 10.4 Å². The second-order valence-corrected chi connectivity index (χ2v) is 8.18. The smallest absolute Gasteiger partial charge is 0.330 e. The fourth-order valence-electron chi connectivity index (χ4n) is 4.28. The number of nitrogens with one attached hydrogen (secondary N) is 1. The minimum atomic E-state index is -0.714. The molecule has 2 aromatic rings. The van der Waals surface area contributed by atoms with Crippen molar-refractivity contribution in [3.63, 3.8) is 0 Å². The summed E-state index contributed by atoms with van der Waals surface area (Å²) in [4.78, 5) is 34.5. The Hall–Kier alpha value is -2.95. The average molecular weight is 441 g/mol. The van der Waals surface area contributed by atoms with Crippen LogP contribution in [0.1, 0.15) is 23.8 Å². The zero-order valence-corrected chi connectivity index (χ0v) is 17.7. The molecule has 0 saturated carbocycles. The van der Waals surface area contributed by atoms with Crippen LogP contribution in [-0.2, 0) is 17.8 Å². The molecule has 11 nitrogen and oxygen atoms in total. The number of ether oxygens (including phenoxy) is 1. The summed E-state index contributed by atoms with van der Waals surface area (Å²) in [6.07, 6.45) is 0.373. The third-order valence-corrected chi connectivity index (χ3v) is 6.04. The van der Waals surface area contributed by atoms with Crippen LogP contribution in [-0.4, -0.2) is 69.4 Å². The van der Waals surface area contributed by atoms with Crippen LogP contribution in [0.3, 0.4) is 0 Å². The first-order chi connectivity index (χ1) is 15.6. The third kappa shape index (κ3) is 5.09. The number of hydrogen-bond acceptors (Lipinski definition) is 7. The number of aliphatic hydroxyl groups excluding tert-OH is 1. The third-order valence-electron chi connectivity index (χ3n) is 6.04. The van der Waals surface area contributed by atoms with E-state index in [4.69, 9.17) is 10.3 Å². The molecule has 0 unspecified atom stereocenters. The lowest BCUT2D eigenvalue weighted by Crippen LogP contribution is -2.46. The highest BCUT2D eigenvalue weighted by atomic mass is 16.5. The number of azide groups is 1. The van der Waals surface area contributed by atoms with Crippen molar-refractivity contribution in [2.75, 3.05) is 32.8 Å². The Labute approximate surface area is 184 Å². The summed E-state index contributed by atoms with van der Waals surface area (Å²) in [6, 6.07) is 9.75. The van der Waals surface area contributed by atoms with E-state index >= 15 is 0 Å². The van der Waals surface area contributed by atoms with E-state index in [1.54, 1.807) is 0 Å². The maximum atomic E-state index is 12.4. The van der Waals surface area contributed by atoms with Crippen LogP contribution < -0.4 is 11.2 Å². The highest BCUT2D eigenvalue weighted by Gasteiger charge is 2.36. The van der Waals surface area contributed by atoms with Gasteiger partial charge in [0.1, 0.15) is 6.23 Å². The maximum Gasteiger partial charge on any atom is 0.330 e. The van der Waals surface area contributed by atoms with Gasteiger partial charge in [0.05, 0.1) is 18.8 Å². The van der Waals surface area contributed by atoms with Crippen molar-refractivity contribution in [1.29, 1.82) is 0 Å². The molecule has 1 aromatic carbocycles. The SMILES string of the molecule is [N-]=[N+]=N[C@H]1C[C@@H](n2cc(CN3CCN(Cc4ccccc4)CC3)c(=O)[nH]c2=O)O[C@@H]1CO. The molecule has 2 aliphatic rings. The minimum Gasteiger partial charge on any atom is -0.394 e. The molecule has 4 rings (SSSR count). The van der Waals surface area contributed by atoms with Gasteiger partial charge in [0, 0.05) is 62.4 Å². The summed E-state index contributed by atoms with van der Waals surface area (Å²) in [7, 11) is 0. The Morgan fingerprint density at radius 3 is 2.47 bits per heavy atom. The molecule has 3 atom stereocenters. The van der Waals surface area contributed by atoms with E-state index in [0.29, 0.717) is 12.1 Å². The lowest BCUT2D eigenvalue weighted by atomic mass is 10.1. The van der Waals surface area contributed by atoms with E-state index in [-0.39, 0.29) is 13.0 Å². The first kappa shape index (κ1) is 22.3. The molecule has 32 heavy (non-hydrogen) atoms. The predicted octanol–water partition coefficient (Wildman–Crippen LogP) is 0.813. The van der Waals surface area contributed by atoms with Crippen LogP contribution in [0.5, 0.6) is 0 Å². The molecule has 0 spiro atoms. The van der Waals surface area contributed by atoms with E-state index in [2.05, 4.69) is 36.9 Å². The molecule has 0 amide bonds. The number of aromatic nitrogens is 2. The summed E-state index contributed by atoms with van der Waals surface area (Å²) in [6.45, 7) is 4.42. The van der Waals surface area contributed by atoms with Gasteiger partial charge in [-0.05, 0) is 11.1 Å². The number of benzene rings is 1. The van der Waals surface area contributed by atoms with Gasteiger partial charge >= 0.3 is 5.69 Å². The fourth-order valence-corrected chi connectivity index (χ4v) is 4.28. The first-order valence-corrected chi connectivity index (χ1v) is 10.7. The number of nitrogens with zero attached hydrogens (tertiary/aromatic N) is 6. The molecule has 3 heterocycles. The Bertz CT molecular complexity index is 1070. The standard InChI is InChI=1S/C21H27N7O4/c22-25-24-17-10-19(32-18(17)14-29)28-13-16(20(30)23-21(28)31)12-27-8-6-26(7-9-27)11-15-4-2-1-3-5-15/h1-5,13,17-19,29H,6-12,14H2,(H,23,30,31)/t17-,18+,19-/m0/s1. The Morgan fingerprint density at radius 1 is 1.12 bits per heavy atom. The summed E-state index contributed by atoms with van der Waals surface area (Å²) in [5.74, 6) is 0. The number of aliphatic hydroxyl groups is 1. The van der Waals surface area contributed by atoms with E-state index in [1.807, 2.05) is 18.2 Å². The van der Waals surface area contributed by atoms with E-state index in [1.165, 1.54) is 16.3 Å². The number of aromatic amines is 1. The maximum absolute atomic E-state index is 12.4. The minimum absolute atomic E-state index is 0.249. The monoisotopic (exact) mass is 441 g/mol. The molecule has 2 saturated heterocycles. The molecule has 2 N–H and O–H groups in total. The predicted molar refractivity (Wildman–Crippen MR) is 117 cm³/mol. The summed E-state index contributed by atoms with van der Waals surface area (Å²) in [5, 5.41) is 13.1. The van der Waals surface area contributed by atoms with Gasteiger partial charge in [-0.15, -0.1) is 0 Å². The zero-order valence-electron chi connectivity index (χ0n) is 17.7. The highest BCUT2D eigenvalue weighted by Crippen LogP contribution is 2.29. The van der Waals surface area contributed by atoms with E-state index < -0.39 is 29.6 Å². The van der Waals surface area contributed by atoms with Gasteiger partial charge in [-0.2, -0.15) is 0 Å². The van der Waals surface area contributed by atoms with Crippen LogP contribution in [0.2, 0.25) is 0 Å². The number of rotatable bonds is 7. The summed E-state index contributed by atoms with van der Waals surface area (Å²) in [5.41, 5.74) is 9.46. The number of H-pyrrole nitrogens is 1. The summed E-state index contributed by atoms with van der Waals surface area (Å²) >= 11 is 0. The van der Waals surface area contributed by atoms with Gasteiger partial charge in [-0.25, -0.2) is 4.79 Å². The second-order valence-electron chi connectivity index (χ2n) is 8.18. The van der Waals surface area contributed by atoms with Gasteiger partial charge < -0.3 is 9.84 Å². The zero-order chi connectivity index (χ0) is 22.5. The molecule has 2 fully saturated rings. The van der Waals surface area contributed by atoms with Crippen LogP contribution >= 0.6 is 0 Å². The molecule has 170 valence electrons. The van der Waals surface area contributed by atoms with Crippen LogP contribution in [0.15, 0.2) is 51.2 Å². The molecular formula is C21H27N7O4. The number of piperazine rings is 1. The van der Waals surface area contributed by atoms with Gasteiger partial charge in [-0.1, -0.05) is 35.4 Å². The molecule has 0 bridgehead atoms. The Kier molecular flexibility index (Phi) is 7.03. The van der Waals surface area contributed by atoms with Crippen molar-refractivity contribution in [1.82, 2.24) is 19.4 Å². The topological polar surface area (TPSA) is 140 Å². The largest absolute Gasteiger partial charge is 0.394 e. The van der Waals surface area contributed by atoms with Crippen molar-refractivity contribution >= 4 is 0 Å². The number of hydrogen-bond donors (Lipinski definition) is 2. The van der Waals surface area contributed by atoms with Crippen molar-refractivity contribution in [3.05, 3.63) is 78.9 Å². The van der Waals surface area contributed by atoms with Crippen molar-refractivity contribution in [3.8, 4) is 0 Å². The molecule has 2 aliphatic heterocycles. The molecular weight excluding hydrogens is 414 g/mol. The fraction of sp³-hybridized carbons (Fsp3) is 0.524. The highest BCUT2D eigenvalue weighted by molar-refractivity contribution is 5.14. The average Bonchev–Trinajstić information content (AvgIpc) is 3.20. The second kappa shape index (κ2) is 10.1. The van der Waals surface area contributed by atoms with Crippen molar-refractivity contribution in [2.45, 2.75) is 37.9 Å². The molecule has 1 aromatic heterocycles. The molecule has 11 heteroatoms. The van der Waals surface area contributed by atoms with Gasteiger partial charge in [-0.3, -0.25) is 24.1 Å². The lowest BCUT2D eigenvalue weighted by Gasteiger charge is -2.34. The lowest BCUT2D eigenvalue weighted by molar-refractivity contribution is -0.0272. The van der Waals surface area contributed by atoms with Crippen LogP contribution in [0.4, 0.5) is 0 Å². The van der Waals surface area contributed by atoms with E-state index in [9.17, 15) is 14.7 Å². The normalized spacial score (nSPS) is 24.3.